The van der Waals surface area contributed by atoms with Crippen LogP contribution in [0.25, 0.3) is 0 Å². The summed E-state index contributed by atoms with van der Waals surface area (Å²) >= 11 is 0. The molecule has 2 heterocycles. The molecule has 3 rings (SSSR count). The first-order chi connectivity index (χ1) is 16.5. The third-order valence-electron chi connectivity index (χ3n) is 5.22. The number of likely N-dealkylation sites (tertiary alicyclic amines) is 1. The third-order valence-corrected chi connectivity index (χ3v) is 5.22. The van der Waals surface area contributed by atoms with E-state index in [4.69, 9.17) is 10.00 Å². The van der Waals surface area contributed by atoms with Crippen LogP contribution in [0.1, 0.15) is 41.9 Å². The number of nitrogens with one attached hydrogen (secondary N) is 2. The number of nitrogens with zero attached hydrogens (tertiary/aromatic N) is 4. The highest BCUT2D eigenvalue weighted by atomic mass is 19.3. The molecule has 1 aliphatic heterocycles. The number of hydrogen-bond acceptors (Lipinski definition) is 6. The first-order valence-corrected chi connectivity index (χ1v) is 10.9. The Kier molecular flexibility index (Phi) is 7.68. The summed E-state index contributed by atoms with van der Waals surface area (Å²) in [6.45, 7) is 4.12. The van der Waals surface area contributed by atoms with Crippen molar-refractivity contribution in [3.63, 3.8) is 0 Å². The van der Waals surface area contributed by atoms with Crippen molar-refractivity contribution in [1.82, 2.24) is 20.0 Å². The molecule has 2 N–H and O–H groups in total. The first kappa shape index (κ1) is 25.6. The minimum atomic E-state index is -3.12. The van der Waals surface area contributed by atoms with Gasteiger partial charge in [-0.25, -0.2) is 13.6 Å². The zero-order valence-electron chi connectivity index (χ0n) is 19.5. The Morgan fingerprint density at radius 3 is 2.60 bits per heavy atom. The molecule has 1 aromatic heterocycles. The molecule has 0 bridgehead atoms. The monoisotopic (exact) mass is 488 g/mol. The van der Waals surface area contributed by atoms with Crippen LogP contribution in [0, 0.1) is 18.3 Å². The van der Waals surface area contributed by atoms with Gasteiger partial charge in [0.05, 0.1) is 43.1 Å². The van der Waals surface area contributed by atoms with Crippen LogP contribution in [0.5, 0.6) is 0 Å². The number of alkyl halides is 2. The van der Waals surface area contributed by atoms with E-state index in [9.17, 15) is 23.2 Å². The summed E-state index contributed by atoms with van der Waals surface area (Å²) in [7, 11) is 0. The van der Waals surface area contributed by atoms with Crippen molar-refractivity contribution in [1.29, 1.82) is 5.26 Å². The Balaban J connectivity index is 1.56. The van der Waals surface area contributed by atoms with E-state index >= 15 is 0 Å². The zero-order valence-corrected chi connectivity index (χ0v) is 19.5. The van der Waals surface area contributed by atoms with E-state index in [1.165, 1.54) is 6.20 Å². The number of anilines is 1. The smallest absolute Gasteiger partial charge is 0.411 e. The van der Waals surface area contributed by atoms with E-state index in [2.05, 4.69) is 15.7 Å². The second kappa shape index (κ2) is 10.5. The lowest BCUT2D eigenvalue weighted by Crippen LogP contribution is -2.43. The van der Waals surface area contributed by atoms with Gasteiger partial charge in [-0.15, -0.1) is 0 Å². The van der Waals surface area contributed by atoms with E-state index in [0.29, 0.717) is 17.9 Å². The number of halogens is 2. The van der Waals surface area contributed by atoms with Crippen molar-refractivity contribution in [3.8, 4) is 6.07 Å². The first-order valence-electron chi connectivity index (χ1n) is 10.9. The van der Waals surface area contributed by atoms with E-state index in [0.717, 1.165) is 10.5 Å². The highest BCUT2D eigenvalue weighted by Crippen LogP contribution is 2.31. The average molecular weight is 488 g/mol. The van der Waals surface area contributed by atoms with E-state index < -0.39 is 49.4 Å². The fourth-order valence-electron chi connectivity index (χ4n) is 3.61. The van der Waals surface area contributed by atoms with Crippen LogP contribution in [0.15, 0.2) is 30.5 Å². The number of nitriles is 1. The molecule has 186 valence electrons. The number of carbonyl (C=O) groups is 3. The maximum Gasteiger partial charge on any atom is 0.411 e. The van der Waals surface area contributed by atoms with Crippen molar-refractivity contribution in [2.75, 3.05) is 18.4 Å². The Hall–Kier alpha value is -4.01. The molecular weight excluding hydrogens is 462 g/mol. The molecule has 1 aromatic carbocycles. The van der Waals surface area contributed by atoms with Gasteiger partial charge in [0.2, 0.25) is 5.91 Å². The number of aryl methyl sites for hydroxylation is 1. The molecule has 3 amide bonds. The summed E-state index contributed by atoms with van der Waals surface area (Å²) < 4.78 is 33.7. The number of hydrogen-bond donors (Lipinski definition) is 2. The molecule has 1 saturated heterocycles. The zero-order chi connectivity index (χ0) is 25.8. The lowest BCUT2D eigenvalue weighted by atomic mass is 10.2. The van der Waals surface area contributed by atoms with Gasteiger partial charge in [-0.1, -0.05) is 12.1 Å². The van der Waals surface area contributed by atoms with Crippen molar-refractivity contribution in [2.45, 2.75) is 51.8 Å². The van der Waals surface area contributed by atoms with E-state index in [1.54, 1.807) is 55.8 Å². The molecule has 0 aliphatic carbocycles. The molecule has 0 spiro atoms. The van der Waals surface area contributed by atoms with Gasteiger partial charge in [-0.05, 0) is 38.5 Å². The number of ether oxygens (including phenoxy) is 1. The second-order valence-corrected chi connectivity index (χ2v) is 8.51. The Labute approximate surface area is 200 Å². The summed E-state index contributed by atoms with van der Waals surface area (Å²) in [5.41, 5.74) is 2.08. The number of benzene rings is 1. The van der Waals surface area contributed by atoms with Crippen LogP contribution in [0.2, 0.25) is 0 Å². The summed E-state index contributed by atoms with van der Waals surface area (Å²) in [5, 5.41) is 18.4. The van der Waals surface area contributed by atoms with Gasteiger partial charge < -0.3 is 15.0 Å². The topological polar surface area (TPSA) is 129 Å². The number of amides is 3. The molecule has 2 aromatic rings. The number of aromatic nitrogens is 2. The molecular formula is C23H26F2N6O4. The molecule has 35 heavy (non-hydrogen) atoms. The summed E-state index contributed by atoms with van der Waals surface area (Å²) in [4.78, 5) is 37.3. The van der Waals surface area contributed by atoms with E-state index in [-0.39, 0.29) is 11.7 Å². The van der Waals surface area contributed by atoms with Crippen LogP contribution in [0.4, 0.5) is 19.3 Å². The van der Waals surface area contributed by atoms with Crippen LogP contribution in [-0.4, -0.2) is 63.7 Å². The predicted octanol–water partition coefficient (Wildman–Crippen LogP) is 2.69. The van der Waals surface area contributed by atoms with Crippen LogP contribution in [0.3, 0.4) is 0 Å². The summed E-state index contributed by atoms with van der Waals surface area (Å²) in [5.74, 6) is -4.45. The van der Waals surface area contributed by atoms with Gasteiger partial charge in [0.25, 0.3) is 11.8 Å². The maximum atomic E-state index is 13.5. The molecule has 12 heteroatoms. The molecule has 10 nitrogen and oxygen atoms in total. The van der Waals surface area contributed by atoms with Crippen LogP contribution in [-0.2, 0) is 16.1 Å². The van der Waals surface area contributed by atoms with Gasteiger partial charge in [0.15, 0.2) is 0 Å². The fourth-order valence-corrected chi connectivity index (χ4v) is 3.61. The van der Waals surface area contributed by atoms with Gasteiger partial charge in [0.1, 0.15) is 6.04 Å². The Bertz CT molecular complexity index is 1140. The molecule has 1 atom stereocenters. The van der Waals surface area contributed by atoms with Crippen molar-refractivity contribution < 1.29 is 27.9 Å². The van der Waals surface area contributed by atoms with Gasteiger partial charge >= 0.3 is 6.09 Å². The summed E-state index contributed by atoms with van der Waals surface area (Å²) in [6.07, 6.45) is 0.0183. The van der Waals surface area contributed by atoms with Crippen LogP contribution < -0.4 is 10.6 Å². The Morgan fingerprint density at radius 2 is 1.97 bits per heavy atom. The van der Waals surface area contributed by atoms with Crippen molar-refractivity contribution >= 4 is 23.6 Å². The van der Waals surface area contributed by atoms with Crippen molar-refractivity contribution in [3.05, 3.63) is 47.3 Å². The van der Waals surface area contributed by atoms with Gasteiger partial charge in [0, 0.05) is 18.3 Å². The molecule has 1 fully saturated rings. The molecule has 0 saturated carbocycles. The second-order valence-electron chi connectivity index (χ2n) is 8.51. The minimum Gasteiger partial charge on any atom is -0.447 e. The average Bonchev–Trinajstić information content (AvgIpc) is 3.30. The quantitative estimate of drug-likeness (QED) is 0.617. The lowest BCUT2D eigenvalue weighted by Gasteiger charge is -2.19. The molecule has 1 aliphatic rings. The molecule has 0 unspecified atom stereocenters. The Morgan fingerprint density at radius 1 is 1.29 bits per heavy atom. The minimum absolute atomic E-state index is 0.233. The molecule has 0 radical (unpaired) electrons. The highest BCUT2D eigenvalue weighted by molar-refractivity contribution is 5.97. The van der Waals surface area contributed by atoms with Crippen LogP contribution >= 0.6 is 0 Å². The van der Waals surface area contributed by atoms with Gasteiger partial charge in [-0.3, -0.25) is 19.6 Å². The standard InChI is InChI=1S/C23H26F2N6O4/c1-14(2)35-22(34)28-17-6-4-16(5-7-17)11-30-12-19(15(3)29-30)21(33)27-10-20(32)31-13-23(24,25)8-18(31)9-26/h4-7,12,14,18H,8,10-11,13H2,1-3H3,(H,27,33)(H,28,34)/t18-/m0/s1. The normalized spacial score (nSPS) is 16.6. The number of rotatable bonds is 7. The predicted molar refractivity (Wildman–Crippen MR) is 121 cm³/mol. The van der Waals surface area contributed by atoms with Gasteiger partial charge in [-0.2, -0.15) is 10.4 Å². The lowest BCUT2D eigenvalue weighted by molar-refractivity contribution is -0.131. The number of carbonyl (C=O) groups excluding carboxylic acids is 3. The SMILES string of the molecule is Cc1nn(Cc2ccc(NC(=O)OC(C)C)cc2)cc1C(=O)NCC(=O)N1CC(F)(F)C[C@H]1C#N. The third kappa shape index (κ3) is 6.75. The van der Waals surface area contributed by atoms with E-state index in [1.807, 2.05) is 0 Å². The summed E-state index contributed by atoms with van der Waals surface area (Å²) in [6, 6.07) is 7.48. The maximum absolute atomic E-state index is 13.5. The van der Waals surface area contributed by atoms with Crippen molar-refractivity contribution in [2.24, 2.45) is 0 Å². The highest BCUT2D eigenvalue weighted by Gasteiger charge is 2.47. The largest absolute Gasteiger partial charge is 0.447 e. The fraction of sp³-hybridized carbons (Fsp3) is 0.435.